The number of hydrogen-bond donors (Lipinski definition) is 2. The molecule has 0 saturated heterocycles. The maximum Gasteiger partial charge on any atom is 0.227 e. The largest absolute Gasteiger partial charge is 0.349 e. The third kappa shape index (κ3) is 2.93. The van der Waals surface area contributed by atoms with Crippen molar-refractivity contribution in [2.75, 3.05) is 0 Å². The molecule has 1 aliphatic rings. The molecule has 104 valence electrons. The second kappa shape index (κ2) is 5.51. The Labute approximate surface area is 119 Å². The molecule has 0 aliphatic heterocycles. The Kier molecular flexibility index (Phi) is 4.16. The maximum absolute atomic E-state index is 12.4. The van der Waals surface area contributed by atoms with Crippen molar-refractivity contribution in [3.8, 4) is 0 Å². The fourth-order valence-electron chi connectivity index (χ4n) is 2.67. The van der Waals surface area contributed by atoms with E-state index in [0.717, 1.165) is 24.8 Å². The van der Waals surface area contributed by atoms with Crippen molar-refractivity contribution < 1.29 is 4.79 Å². The molecule has 1 aliphatic carbocycles. The minimum Gasteiger partial charge on any atom is -0.349 e. The van der Waals surface area contributed by atoms with E-state index in [2.05, 4.69) is 5.32 Å². The van der Waals surface area contributed by atoms with Crippen molar-refractivity contribution in [1.82, 2.24) is 5.32 Å². The zero-order valence-corrected chi connectivity index (χ0v) is 12.2. The van der Waals surface area contributed by atoms with Crippen LogP contribution in [-0.2, 0) is 4.79 Å². The average Bonchev–Trinajstić information content (AvgIpc) is 2.71. The number of carbonyl (C=O) groups is 1. The van der Waals surface area contributed by atoms with E-state index in [0.29, 0.717) is 5.02 Å². The molecule has 19 heavy (non-hydrogen) atoms. The van der Waals surface area contributed by atoms with Crippen LogP contribution in [0, 0.1) is 5.41 Å². The van der Waals surface area contributed by atoms with Crippen molar-refractivity contribution >= 4 is 17.5 Å². The molecule has 0 spiro atoms. The van der Waals surface area contributed by atoms with Crippen molar-refractivity contribution in [2.45, 2.75) is 45.2 Å². The molecule has 2 rings (SSSR count). The number of rotatable bonds is 3. The summed E-state index contributed by atoms with van der Waals surface area (Å²) in [7, 11) is 0. The first-order valence-corrected chi connectivity index (χ1v) is 7.13. The normalized spacial score (nSPS) is 28.1. The van der Waals surface area contributed by atoms with E-state index in [1.165, 1.54) is 0 Å². The Morgan fingerprint density at radius 3 is 2.63 bits per heavy atom. The smallest absolute Gasteiger partial charge is 0.227 e. The quantitative estimate of drug-likeness (QED) is 0.894. The molecule has 4 heteroatoms. The molecule has 0 aromatic heterocycles. The second-order valence-corrected chi connectivity index (χ2v) is 6.10. The highest BCUT2D eigenvalue weighted by Crippen LogP contribution is 2.37. The zero-order chi connectivity index (χ0) is 14.0. The fraction of sp³-hybridized carbons (Fsp3) is 0.533. The molecule has 1 saturated carbocycles. The summed E-state index contributed by atoms with van der Waals surface area (Å²) in [5.41, 5.74) is 6.69. The van der Waals surface area contributed by atoms with E-state index < -0.39 is 5.41 Å². The van der Waals surface area contributed by atoms with Gasteiger partial charge in [0, 0.05) is 11.1 Å². The average molecular weight is 281 g/mol. The van der Waals surface area contributed by atoms with E-state index in [4.69, 9.17) is 17.3 Å². The highest BCUT2D eigenvalue weighted by Gasteiger charge is 2.43. The van der Waals surface area contributed by atoms with Crippen molar-refractivity contribution in [1.29, 1.82) is 0 Å². The van der Waals surface area contributed by atoms with Gasteiger partial charge in [-0.3, -0.25) is 4.79 Å². The van der Waals surface area contributed by atoms with Crippen LogP contribution < -0.4 is 11.1 Å². The van der Waals surface area contributed by atoms with Gasteiger partial charge in [0.15, 0.2) is 0 Å². The topological polar surface area (TPSA) is 55.1 Å². The highest BCUT2D eigenvalue weighted by molar-refractivity contribution is 6.30. The van der Waals surface area contributed by atoms with Gasteiger partial charge in [0.25, 0.3) is 0 Å². The molecule has 1 amide bonds. The summed E-state index contributed by atoms with van der Waals surface area (Å²) in [6.07, 6.45) is 2.83. The highest BCUT2D eigenvalue weighted by atomic mass is 35.5. The van der Waals surface area contributed by atoms with Crippen LogP contribution in [0.15, 0.2) is 24.3 Å². The van der Waals surface area contributed by atoms with Gasteiger partial charge in [-0.2, -0.15) is 0 Å². The summed E-state index contributed by atoms with van der Waals surface area (Å²) in [6, 6.07) is 7.47. The minimum atomic E-state index is -0.430. The molecule has 3 atom stereocenters. The third-order valence-corrected chi connectivity index (χ3v) is 4.52. The summed E-state index contributed by atoms with van der Waals surface area (Å²) in [5.74, 6) is 0.0555. The van der Waals surface area contributed by atoms with E-state index in [9.17, 15) is 4.79 Å². The van der Waals surface area contributed by atoms with Crippen LogP contribution in [0.25, 0.3) is 0 Å². The van der Waals surface area contributed by atoms with E-state index in [-0.39, 0.29) is 18.0 Å². The molecule has 0 heterocycles. The van der Waals surface area contributed by atoms with Crippen molar-refractivity contribution in [3.63, 3.8) is 0 Å². The van der Waals surface area contributed by atoms with Gasteiger partial charge in [0.1, 0.15) is 0 Å². The van der Waals surface area contributed by atoms with Crippen LogP contribution in [0.5, 0.6) is 0 Å². The Hall–Kier alpha value is -1.06. The lowest BCUT2D eigenvalue weighted by atomic mass is 9.84. The van der Waals surface area contributed by atoms with Gasteiger partial charge in [-0.15, -0.1) is 0 Å². The van der Waals surface area contributed by atoms with Gasteiger partial charge >= 0.3 is 0 Å². The molecule has 3 nitrogen and oxygen atoms in total. The van der Waals surface area contributed by atoms with Crippen molar-refractivity contribution in [2.24, 2.45) is 11.1 Å². The monoisotopic (exact) mass is 280 g/mol. The zero-order valence-electron chi connectivity index (χ0n) is 11.4. The Morgan fingerprint density at radius 2 is 2.11 bits per heavy atom. The maximum atomic E-state index is 12.4. The first kappa shape index (κ1) is 14.4. The molecule has 1 aromatic rings. The number of hydrogen-bond acceptors (Lipinski definition) is 2. The van der Waals surface area contributed by atoms with Crippen LogP contribution >= 0.6 is 11.6 Å². The molecular weight excluding hydrogens is 260 g/mol. The number of nitrogens with one attached hydrogen (secondary N) is 1. The summed E-state index contributed by atoms with van der Waals surface area (Å²) in [6.45, 7) is 3.94. The second-order valence-electron chi connectivity index (χ2n) is 5.66. The number of benzene rings is 1. The van der Waals surface area contributed by atoms with Gasteiger partial charge in [0.05, 0.1) is 11.5 Å². The van der Waals surface area contributed by atoms with Gasteiger partial charge in [-0.1, -0.05) is 30.2 Å². The molecule has 1 fully saturated rings. The predicted molar refractivity (Wildman–Crippen MR) is 77.9 cm³/mol. The summed E-state index contributed by atoms with van der Waals surface area (Å²) < 4.78 is 0. The lowest BCUT2D eigenvalue weighted by Crippen LogP contribution is -2.47. The number of halogens is 1. The first-order valence-electron chi connectivity index (χ1n) is 6.75. The molecule has 0 radical (unpaired) electrons. The van der Waals surface area contributed by atoms with Crippen LogP contribution in [0.3, 0.4) is 0 Å². The summed E-state index contributed by atoms with van der Waals surface area (Å²) in [4.78, 5) is 12.4. The fourth-order valence-corrected chi connectivity index (χ4v) is 2.80. The molecule has 0 bridgehead atoms. The summed E-state index contributed by atoms with van der Waals surface area (Å²) in [5, 5.41) is 3.77. The Morgan fingerprint density at radius 1 is 1.47 bits per heavy atom. The van der Waals surface area contributed by atoms with Gasteiger partial charge < -0.3 is 11.1 Å². The summed E-state index contributed by atoms with van der Waals surface area (Å²) >= 11 is 5.86. The molecule has 1 aromatic carbocycles. The van der Waals surface area contributed by atoms with Gasteiger partial charge in [-0.25, -0.2) is 0 Å². The third-order valence-electron chi connectivity index (χ3n) is 4.27. The molecule has 2 unspecified atom stereocenters. The lowest BCUT2D eigenvalue weighted by Gasteiger charge is -2.29. The molecule has 3 N–H and O–H groups in total. The predicted octanol–water partition coefficient (Wildman–Crippen LogP) is 3.03. The van der Waals surface area contributed by atoms with Crippen LogP contribution in [0.1, 0.15) is 44.7 Å². The van der Waals surface area contributed by atoms with E-state index in [1.54, 1.807) is 0 Å². The Bertz CT molecular complexity index is 460. The lowest BCUT2D eigenvalue weighted by molar-refractivity contribution is -0.131. The van der Waals surface area contributed by atoms with Crippen LogP contribution in [0.2, 0.25) is 5.02 Å². The standard InChI is InChI=1S/C15H21ClN2O/c1-10(11-5-7-12(16)8-6-11)18-14(19)15(2)9-3-4-13(15)17/h5-8,10,13H,3-4,9,17H2,1-2H3,(H,18,19)/t10-,13?,15?/m0/s1. The van der Waals surface area contributed by atoms with Gasteiger partial charge in [-0.05, 0) is 44.4 Å². The minimum absolute atomic E-state index is 0.0330. The van der Waals surface area contributed by atoms with E-state index in [1.807, 2.05) is 38.1 Å². The van der Waals surface area contributed by atoms with E-state index >= 15 is 0 Å². The SMILES string of the molecule is C[C@H](NC(=O)C1(C)CCCC1N)c1ccc(Cl)cc1. The van der Waals surface area contributed by atoms with Crippen LogP contribution in [-0.4, -0.2) is 11.9 Å². The number of amides is 1. The Balaban J connectivity index is 2.04. The first-order chi connectivity index (χ1) is 8.93. The van der Waals surface area contributed by atoms with Crippen molar-refractivity contribution in [3.05, 3.63) is 34.9 Å². The van der Waals surface area contributed by atoms with Gasteiger partial charge in [0.2, 0.25) is 5.91 Å². The molecular formula is C15H21ClN2O. The number of nitrogens with two attached hydrogens (primary N) is 1. The number of carbonyl (C=O) groups excluding carboxylic acids is 1. The van der Waals surface area contributed by atoms with Crippen LogP contribution in [0.4, 0.5) is 0 Å².